The van der Waals surface area contributed by atoms with E-state index in [9.17, 15) is 0 Å². The van der Waals surface area contributed by atoms with E-state index in [0.717, 1.165) is 33.9 Å². The van der Waals surface area contributed by atoms with Crippen LogP contribution in [-0.2, 0) is 6.61 Å². The lowest BCUT2D eigenvalue weighted by Crippen LogP contribution is -1.97. The van der Waals surface area contributed by atoms with Gasteiger partial charge >= 0.3 is 0 Å². The molecule has 3 aromatic rings. The Hall–Kier alpha value is -3.34. The third-order valence-corrected chi connectivity index (χ3v) is 4.20. The molecule has 0 amide bonds. The fraction of sp³-hybridized carbons (Fsp3) is 0.143. The fourth-order valence-corrected chi connectivity index (χ4v) is 2.84. The third-order valence-electron chi connectivity index (χ3n) is 4.20. The summed E-state index contributed by atoms with van der Waals surface area (Å²) in [5.41, 5.74) is 9.72. The number of nitrogens with two attached hydrogens (primary N) is 1. The van der Waals surface area contributed by atoms with Gasteiger partial charge in [0.1, 0.15) is 18.1 Å². The average molecular weight is 349 g/mol. The molecule has 0 saturated carbocycles. The Balaban J connectivity index is 1.54. The van der Waals surface area contributed by atoms with Crippen molar-refractivity contribution in [3.8, 4) is 34.1 Å². The van der Waals surface area contributed by atoms with Crippen molar-refractivity contribution >= 4 is 5.69 Å². The van der Waals surface area contributed by atoms with E-state index in [1.165, 1.54) is 0 Å². The van der Waals surface area contributed by atoms with Gasteiger partial charge in [-0.05, 0) is 53.1 Å². The quantitative estimate of drug-likeness (QED) is 0.698. The second-order valence-corrected chi connectivity index (χ2v) is 6.00. The number of methoxy groups -OCH3 is 1. The molecule has 4 rings (SSSR count). The zero-order chi connectivity index (χ0) is 17.9. The number of benzene rings is 3. The summed E-state index contributed by atoms with van der Waals surface area (Å²) < 4.78 is 21.9. The van der Waals surface area contributed by atoms with E-state index in [2.05, 4.69) is 0 Å². The Morgan fingerprint density at radius 2 is 1.65 bits per heavy atom. The molecule has 2 N–H and O–H groups in total. The Morgan fingerprint density at radius 1 is 0.846 bits per heavy atom. The van der Waals surface area contributed by atoms with E-state index in [1.807, 2.05) is 60.7 Å². The predicted octanol–water partition coefficient (Wildman–Crippen LogP) is 4.25. The topological polar surface area (TPSA) is 62.9 Å². The van der Waals surface area contributed by atoms with Gasteiger partial charge in [0, 0.05) is 11.8 Å². The van der Waals surface area contributed by atoms with E-state index in [4.69, 9.17) is 24.7 Å². The molecule has 132 valence electrons. The van der Waals surface area contributed by atoms with Crippen molar-refractivity contribution < 1.29 is 18.9 Å². The first-order chi connectivity index (χ1) is 12.7. The zero-order valence-corrected chi connectivity index (χ0v) is 14.4. The Bertz CT molecular complexity index is 922. The molecule has 0 atom stereocenters. The molecular weight excluding hydrogens is 330 g/mol. The second-order valence-electron chi connectivity index (χ2n) is 6.00. The molecule has 1 aliphatic heterocycles. The van der Waals surface area contributed by atoms with Crippen LogP contribution in [0.3, 0.4) is 0 Å². The van der Waals surface area contributed by atoms with Crippen molar-refractivity contribution in [2.75, 3.05) is 19.6 Å². The number of hydrogen-bond donors (Lipinski definition) is 1. The van der Waals surface area contributed by atoms with Crippen LogP contribution in [0.1, 0.15) is 5.56 Å². The fourth-order valence-electron chi connectivity index (χ4n) is 2.84. The normalized spacial score (nSPS) is 12.0. The molecule has 0 fully saturated rings. The minimum atomic E-state index is 0.256. The highest BCUT2D eigenvalue weighted by molar-refractivity contribution is 5.72. The van der Waals surface area contributed by atoms with Crippen LogP contribution in [0.25, 0.3) is 11.1 Å². The maximum absolute atomic E-state index is 6.06. The molecule has 5 nitrogen and oxygen atoms in total. The summed E-state index contributed by atoms with van der Waals surface area (Å²) in [5, 5.41) is 0. The van der Waals surface area contributed by atoms with Gasteiger partial charge in [0.25, 0.3) is 0 Å². The maximum atomic E-state index is 6.06. The van der Waals surface area contributed by atoms with Gasteiger partial charge in [-0.15, -0.1) is 0 Å². The van der Waals surface area contributed by atoms with Crippen LogP contribution in [-0.4, -0.2) is 13.9 Å². The van der Waals surface area contributed by atoms with Gasteiger partial charge in [0.15, 0.2) is 11.5 Å². The first-order valence-corrected chi connectivity index (χ1v) is 8.27. The summed E-state index contributed by atoms with van der Waals surface area (Å²) in [6, 6.07) is 19.3. The van der Waals surface area contributed by atoms with E-state index in [-0.39, 0.29) is 6.79 Å². The molecule has 1 heterocycles. The smallest absolute Gasteiger partial charge is 0.231 e. The highest BCUT2D eigenvalue weighted by Crippen LogP contribution is 2.37. The third kappa shape index (κ3) is 3.37. The lowest BCUT2D eigenvalue weighted by Gasteiger charge is -2.11. The predicted molar refractivity (Wildman–Crippen MR) is 99.7 cm³/mol. The molecule has 0 bridgehead atoms. The molecule has 3 aromatic carbocycles. The first-order valence-electron chi connectivity index (χ1n) is 8.27. The van der Waals surface area contributed by atoms with Crippen molar-refractivity contribution in [2.24, 2.45) is 0 Å². The summed E-state index contributed by atoms with van der Waals surface area (Å²) in [5.74, 6) is 3.04. The molecule has 0 aliphatic carbocycles. The maximum Gasteiger partial charge on any atom is 0.231 e. The number of nitrogen functional groups attached to an aromatic ring is 1. The van der Waals surface area contributed by atoms with E-state index in [0.29, 0.717) is 18.0 Å². The van der Waals surface area contributed by atoms with Gasteiger partial charge in [-0.25, -0.2) is 0 Å². The number of hydrogen-bond acceptors (Lipinski definition) is 5. The van der Waals surface area contributed by atoms with Crippen LogP contribution in [0.15, 0.2) is 60.7 Å². The molecule has 0 aromatic heterocycles. The standard InChI is InChI=1S/C21H19NO4/c1-23-18-5-2-14(3-6-18)12-24-19-9-16(8-17(22)11-19)15-4-7-20-21(10-15)26-13-25-20/h2-11H,12-13,22H2,1H3. The van der Waals surface area contributed by atoms with Gasteiger partial charge in [0.05, 0.1) is 7.11 Å². The number of rotatable bonds is 5. The minimum absolute atomic E-state index is 0.256. The molecular formula is C21H19NO4. The average Bonchev–Trinajstić information content (AvgIpc) is 3.14. The van der Waals surface area contributed by atoms with E-state index in [1.54, 1.807) is 7.11 Å². The zero-order valence-electron chi connectivity index (χ0n) is 14.4. The van der Waals surface area contributed by atoms with Gasteiger partial charge in [-0.2, -0.15) is 0 Å². The van der Waals surface area contributed by atoms with Gasteiger partial charge in [-0.1, -0.05) is 18.2 Å². The Kier molecular flexibility index (Phi) is 4.27. The summed E-state index contributed by atoms with van der Waals surface area (Å²) in [6.07, 6.45) is 0. The molecule has 5 heteroatoms. The van der Waals surface area contributed by atoms with Crippen LogP contribution in [0.2, 0.25) is 0 Å². The van der Waals surface area contributed by atoms with Crippen molar-refractivity contribution in [3.05, 3.63) is 66.2 Å². The second kappa shape index (κ2) is 6.88. The molecule has 0 radical (unpaired) electrons. The monoisotopic (exact) mass is 349 g/mol. The van der Waals surface area contributed by atoms with Crippen molar-refractivity contribution in [1.29, 1.82) is 0 Å². The van der Waals surface area contributed by atoms with Gasteiger partial charge in [-0.3, -0.25) is 0 Å². The van der Waals surface area contributed by atoms with Crippen molar-refractivity contribution in [1.82, 2.24) is 0 Å². The van der Waals surface area contributed by atoms with Crippen molar-refractivity contribution in [3.63, 3.8) is 0 Å². The summed E-state index contributed by atoms with van der Waals surface area (Å²) in [4.78, 5) is 0. The summed E-state index contributed by atoms with van der Waals surface area (Å²) >= 11 is 0. The lowest BCUT2D eigenvalue weighted by atomic mass is 10.0. The number of ether oxygens (including phenoxy) is 4. The van der Waals surface area contributed by atoms with Crippen LogP contribution >= 0.6 is 0 Å². The van der Waals surface area contributed by atoms with Crippen molar-refractivity contribution in [2.45, 2.75) is 6.61 Å². The van der Waals surface area contributed by atoms with Crippen LogP contribution in [0, 0.1) is 0 Å². The van der Waals surface area contributed by atoms with E-state index >= 15 is 0 Å². The SMILES string of the molecule is COc1ccc(COc2cc(N)cc(-c3ccc4c(c3)OCO4)c2)cc1. The largest absolute Gasteiger partial charge is 0.497 e. The van der Waals surface area contributed by atoms with Gasteiger partial charge < -0.3 is 24.7 Å². The highest BCUT2D eigenvalue weighted by Gasteiger charge is 2.14. The van der Waals surface area contributed by atoms with Crippen LogP contribution < -0.4 is 24.7 Å². The minimum Gasteiger partial charge on any atom is -0.497 e. The van der Waals surface area contributed by atoms with Crippen LogP contribution in [0.4, 0.5) is 5.69 Å². The summed E-state index contributed by atoms with van der Waals surface area (Å²) in [6.45, 7) is 0.708. The van der Waals surface area contributed by atoms with Gasteiger partial charge in [0.2, 0.25) is 6.79 Å². The molecule has 1 aliphatic rings. The molecule has 0 unspecified atom stereocenters. The Labute approximate surface area is 151 Å². The highest BCUT2D eigenvalue weighted by atomic mass is 16.7. The number of fused-ring (bicyclic) bond motifs is 1. The summed E-state index contributed by atoms with van der Waals surface area (Å²) in [7, 11) is 1.65. The van der Waals surface area contributed by atoms with Crippen LogP contribution in [0.5, 0.6) is 23.0 Å². The molecule has 0 spiro atoms. The molecule has 26 heavy (non-hydrogen) atoms. The lowest BCUT2D eigenvalue weighted by molar-refractivity contribution is 0.174. The first kappa shape index (κ1) is 16.1. The Morgan fingerprint density at radius 3 is 2.46 bits per heavy atom. The van der Waals surface area contributed by atoms with E-state index < -0.39 is 0 Å². The molecule has 0 saturated heterocycles. The number of anilines is 1.